The molecule has 0 rings (SSSR count). The van der Waals surface area contributed by atoms with E-state index in [4.69, 9.17) is 37.0 Å². The van der Waals surface area contributed by atoms with E-state index in [2.05, 4.69) is 48.5 Å². The molecular formula is C77H150O17P2. The molecule has 0 aromatic rings. The van der Waals surface area contributed by atoms with Crippen LogP contribution in [0.3, 0.4) is 0 Å². The standard InChI is InChI=1S/C77H150O17P2/c1-8-11-12-13-14-15-16-17-18-19-20-24-27-30-36-44-51-58-74(79)87-64-72(93-76(81)60-53-46-37-31-28-25-22-21-23-26-29-35-42-49-56-69(6)9-2)66-91-95(83,84)89-62-71(78)63-90-96(85,86)92-67-73(65-88-75(80)59-52-45-40-39-43-50-57-70(7)10-3)94-77(82)61-54-47-38-33-32-34-41-48-55-68(4)5/h68-73,78H,8-67H2,1-7H3,(H,83,84)(H,85,86)/t69?,70?,71-,72-,73-/m1/s1. The molecule has 0 aromatic carbocycles. The van der Waals surface area contributed by atoms with Crippen LogP contribution in [0.25, 0.3) is 0 Å². The molecule has 0 aliphatic carbocycles. The van der Waals surface area contributed by atoms with Gasteiger partial charge in [0.2, 0.25) is 0 Å². The van der Waals surface area contributed by atoms with Crippen LogP contribution in [0.4, 0.5) is 0 Å². The van der Waals surface area contributed by atoms with Crippen LogP contribution in [0.2, 0.25) is 0 Å². The van der Waals surface area contributed by atoms with E-state index in [1.54, 1.807) is 0 Å². The number of rotatable bonds is 75. The lowest BCUT2D eigenvalue weighted by Gasteiger charge is -2.21. The molecule has 17 nitrogen and oxygen atoms in total. The first-order chi connectivity index (χ1) is 46.3. The normalized spacial score (nSPS) is 14.6. The lowest BCUT2D eigenvalue weighted by atomic mass is 9.99. The second-order valence-corrected chi connectivity index (χ2v) is 31.6. The van der Waals surface area contributed by atoms with Crippen molar-refractivity contribution < 1.29 is 80.2 Å². The first-order valence-corrected chi connectivity index (χ1v) is 42.9. The van der Waals surface area contributed by atoms with Crippen LogP contribution in [-0.2, 0) is 65.4 Å². The van der Waals surface area contributed by atoms with Gasteiger partial charge in [0.25, 0.3) is 0 Å². The number of hydrogen-bond donors (Lipinski definition) is 3. The summed E-state index contributed by atoms with van der Waals surface area (Å²) in [6.07, 6.45) is 54.2. The van der Waals surface area contributed by atoms with Crippen LogP contribution in [0.1, 0.15) is 395 Å². The molecular weight excluding hydrogens is 1260 g/mol. The van der Waals surface area contributed by atoms with E-state index in [9.17, 15) is 43.2 Å². The number of esters is 4. The Kier molecular flexibility index (Phi) is 66.2. The Bertz CT molecular complexity index is 1870. The van der Waals surface area contributed by atoms with Gasteiger partial charge in [0, 0.05) is 25.7 Å². The summed E-state index contributed by atoms with van der Waals surface area (Å²) in [5, 5.41) is 10.6. The number of phosphoric ester groups is 2. The highest BCUT2D eigenvalue weighted by Crippen LogP contribution is 2.45. The highest BCUT2D eigenvalue weighted by Gasteiger charge is 2.30. The maximum atomic E-state index is 13.1. The summed E-state index contributed by atoms with van der Waals surface area (Å²) in [5.41, 5.74) is 0. The van der Waals surface area contributed by atoms with Gasteiger partial charge in [0.05, 0.1) is 26.4 Å². The van der Waals surface area contributed by atoms with Crippen molar-refractivity contribution in [3.05, 3.63) is 0 Å². The molecule has 0 bridgehead atoms. The van der Waals surface area contributed by atoms with Crippen molar-refractivity contribution in [2.24, 2.45) is 17.8 Å². The summed E-state index contributed by atoms with van der Waals surface area (Å²) in [7, 11) is -9.91. The maximum Gasteiger partial charge on any atom is 0.472 e. The Balaban J connectivity index is 5.24. The van der Waals surface area contributed by atoms with Gasteiger partial charge in [0.1, 0.15) is 19.3 Å². The predicted molar refractivity (Wildman–Crippen MR) is 391 cm³/mol. The molecule has 7 atom stereocenters. The van der Waals surface area contributed by atoms with E-state index in [1.165, 1.54) is 199 Å². The van der Waals surface area contributed by atoms with Gasteiger partial charge in [-0.05, 0) is 43.4 Å². The molecule has 96 heavy (non-hydrogen) atoms. The second kappa shape index (κ2) is 67.5. The summed E-state index contributed by atoms with van der Waals surface area (Å²) >= 11 is 0. The van der Waals surface area contributed by atoms with Gasteiger partial charge < -0.3 is 33.8 Å². The lowest BCUT2D eigenvalue weighted by Crippen LogP contribution is -2.30. The van der Waals surface area contributed by atoms with Gasteiger partial charge in [-0.3, -0.25) is 37.3 Å². The van der Waals surface area contributed by atoms with E-state index in [1.807, 2.05) is 0 Å². The Labute approximate surface area is 588 Å². The average molecular weight is 1410 g/mol. The van der Waals surface area contributed by atoms with Crippen molar-refractivity contribution in [2.75, 3.05) is 39.6 Å². The average Bonchev–Trinajstić information content (AvgIpc) is 1.87. The molecule has 19 heteroatoms. The number of hydrogen-bond acceptors (Lipinski definition) is 15. The molecule has 0 heterocycles. The molecule has 0 aliphatic rings. The molecule has 0 radical (unpaired) electrons. The summed E-state index contributed by atoms with van der Waals surface area (Å²) < 4.78 is 68.5. The van der Waals surface area contributed by atoms with Crippen LogP contribution in [0.5, 0.6) is 0 Å². The minimum Gasteiger partial charge on any atom is -0.462 e. The van der Waals surface area contributed by atoms with Crippen molar-refractivity contribution in [2.45, 2.75) is 414 Å². The fourth-order valence-corrected chi connectivity index (χ4v) is 13.3. The van der Waals surface area contributed by atoms with Crippen molar-refractivity contribution in [1.82, 2.24) is 0 Å². The molecule has 570 valence electrons. The number of aliphatic hydroxyl groups excluding tert-OH is 1. The van der Waals surface area contributed by atoms with Crippen LogP contribution in [-0.4, -0.2) is 96.7 Å². The third kappa shape index (κ3) is 67.9. The number of carbonyl (C=O) groups excluding carboxylic acids is 4. The molecule has 0 amide bonds. The smallest absolute Gasteiger partial charge is 0.462 e. The third-order valence-electron chi connectivity index (χ3n) is 18.6. The zero-order valence-corrected chi connectivity index (χ0v) is 64.6. The number of carbonyl (C=O) groups is 4. The fraction of sp³-hybridized carbons (Fsp3) is 0.948. The molecule has 0 spiro atoms. The molecule has 0 saturated carbocycles. The lowest BCUT2D eigenvalue weighted by molar-refractivity contribution is -0.161. The molecule has 0 fully saturated rings. The minimum absolute atomic E-state index is 0.104. The van der Waals surface area contributed by atoms with E-state index < -0.39 is 97.5 Å². The second-order valence-electron chi connectivity index (χ2n) is 28.7. The topological polar surface area (TPSA) is 237 Å². The molecule has 0 aliphatic heterocycles. The van der Waals surface area contributed by atoms with Crippen LogP contribution in [0.15, 0.2) is 0 Å². The van der Waals surface area contributed by atoms with Crippen LogP contribution < -0.4 is 0 Å². The van der Waals surface area contributed by atoms with Gasteiger partial charge >= 0.3 is 39.5 Å². The van der Waals surface area contributed by atoms with Gasteiger partial charge in [-0.15, -0.1) is 0 Å². The van der Waals surface area contributed by atoms with E-state index in [0.717, 1.165) is 114 Å². The summed E-state index contributed by atoms with van der Waals surface area (Å²) in [6, 6.07) is 0. The third-order valence-corrected chi connectivity index (χ3v) is 20.5. The highest BCUT2D eigenvalue weighted by molar-refractivity contribution is 7.47. The molecule has 3 N–H and O–H groups in total. The van der Waals surface area contributed by atoms with Gasteiger partial charge in [-0.25, -0.2) is 9.13 Å². The molecule has 0 aromatic heterocycles. The van der Waals surface area contributed by atoms with Crippen molar-refractivity contribution in [1.29, 1.82) is 0 Å². The Morgan fingerprint density at radius 3 is 0.792 bits per heavy atom. The predicted octanol–water partition coefficient (Wildman–Crippen LogP) is 22.6. The minimum atomic E-state index is -4.96. The van der Waals surface area contributed by atoms with E-state index in [-0.39, 0.29) is 25.7 Å². The fourth-order valence-electron chi connectivity index (χ4n) is 11.7. The SMILES string of the molecule is CCCCCCCCCCCCCCCCCCCC(=O)OC[C@H](COP(=O)(O)OC[C@@H](O)COP(=O)(O)OC[C@@H](COC(=O)CCCCCCCCC(C)CC)OC(=O)CCCCCCCCCCC(C)C)OC(=O)CCCCCCCCCCCCCCCCC(C)CC. The zero-order chi connectivity index (χ0) is 70.9. The monoisotopic (exact) mass is 1410 g/mol. The Morgan fingerprint density at radius 1 is 0.302 bits per heavy atom. The van der Waals surface area contributed by atoms with E-state index in [0.29, 0.717) is 25.7 Å². The quantitative estimate of drug-likeness (QED) is 0.0222. The Morgan fingerprint density at radius 2 is 0.531 bits per heavy atom. The number of ether oxygens (including phenoxy) is 4. The highest BCUT2D eigenvalue weighted by atomic mass is 31.2. The largest absolute Gasteiger partial charge is 0.472 e. The number of aliphatic hydroxyl groups is 1. The van der Waals surface area contributed by atoms with Crippen molar-refractivity contribution >= 4 is 39.5 Å². The first-order valence-electron chi connectivity index (χ1n) is 39.9. The summed E-state index contributed by atoms with van der Waals surface area (Å²) in [5.74, 6) is 0.176. The summed E-state index contributed by atoms with van der Waals surface area (Å²) in [6.45, 7) is 11.9. The van der Waals surface area contributed by atoms with Gasteiger partial charge in [0.15, 0.2) is 12.2 Å². The van der Waals surface area contributed by atoms with Crippen molar-refractivity contribution in [3.63, 3.8) is 0 Å². The molecule has 0 saturated heterocycles. The first kappa shape index (κ1) is 94.1. The maximum absolute atomic E-state index is 13.1. The van der Waals surface area contributed by atoms with Crippen LogP contribution in [0, 0.1) is 17.8 Å². The van der Waals surface area contributed by atoms with E-state index >= 15 is 0 Å². The van der Waals surface area contributed by atoms with Crippen LogP contribution >= 0.6 is 15.6 Å². The van der Waals surface area contributed by atoms with Gasteiger partial charge in [-0.2, -0.15) is 0 Å². The van der Waals surface area contributed by atoms with Crippen molar-refractivity contribution in [3.8, 4) is 0 Å². The number of unbranched alkanes of at least 4 members (excludes halogenated alkanes) is 41. The summed E-state index contributed by atoms with van der Waals surface area (Å²) in [4.78, 5) is 72.8. The zero-order valence-electron chi connectivity index (χ0n) is 62.8. The Hall–Kier alpha value is -1.94. The molecule has 4 unspecified atom stereocenters. The van der Waals surface area contributed by atoms with Gasteiger partial charge in [-0.1, -0.05) is 344 Å². The number of phosphoric acid groups is 2.